The number of epoxide rings is 1. The summed E-state index contributed by atoms with van der Waals surface area (Å²) in [5, 5.41) is 0. The molecule has 0 unspecified atom stereocenters. The average Bonchev–Trinajstić information content (AvgIpc) is 3.10. The summed E-state index contributed by atoms with van der Waals surface area (Å²) in [6.07, 6.45) is 2.00. The largest absolute Gasteiger partial charge is 0.497 e. The molecule has 0 saturated carbocycles. The Morgan fingerprint density at radius 3 is 2.59 bits per heavy atom. The molecule has 2 aliphatic heterocycles. The minimum atomic E-state index is -0.211. The van der Waals surface area contributed by atoms with E-state index >= 15 is 0 Å². The van der Waals surface area contributed by atoms with Gasteiger partial charge in [0.2, 0.25) is 0 Å². The second-order valence-corrected chi connectivity index (χ2v) is 4.78. The lowest BCUT2D eigenvalue weighted by molar-refractivity contribution is 0.258. The topological polar surface area (TPSA) is 25.0 Å². The number of rotatable bonds is 2. The van der Waals surface area contributed by atoms with E-state index < -0.39 is 0 Å². The molecule has 0 aliphatic carbocycles. The number of hydrogen-bond donors (Lipinski definition) is 0. The van der Waals surface area contributed by atoms with E-state index in [-0.39, 0.29) is 11.4 Å². The second-order valence-electron chi connectivity index (χ2n) is 4.78. The minimum absolute atomic E-state index is 0.138. The van der Waals surface area contributed by atoms with E-state index in [4.69, 9.17) is 9.47 Å². The fourth-order valence-corrected chi connectivity index (χ4v) is 2.42. The van der Waals surface area contributed by atoms with Crippen LogP contribution in [0.4, 0.5) is 10.1 Å². The third kappa shape index (κ3) is 1.97. The van der Waals surface area contributed by atoms with Gasteiger partial charge in [-0.2, -0.15) is 0 Å². The highest BCUT2D eigenvalue weighted by atomic mass is 19.1. The number of anilines is 1. The molecule has 2 fully saturated rings. The maximum atomic E-state index is 13.9. The summed E-state index contributed by atoms with van der Waals surface area (Å²) < 4.78 is 24.3. The van der Waals surface area contributed by atoms with Gasteiger partial charge in [-0.25, -0.2) is 4.39 Å². The van der Waals surface area contributed by atoms with Crippen LogP contribution in [0, 0.1) is 5.82 Å². The Kier molecular flexibility index (Phi) is 2.47. The molecule has 1 aromatic rings. The highest BCUT2D eigenvalue weighted by molar-refractivity contribution is 5.51. The predicted molar refractivity (Wildman–Crippen MR) is 63.1 cm³/mol. The van der Waals surface area contributed by atoms with Gasteiger partial charge in [-0.05, 0) is 25.0 Å². The molecule has 2 aliphatic rings. The first kappa shape index (κ1) is 10.8. The van der Waals surface area contributed by atoms with Gasteiger partial charge in [0.1, 0.15) is 11.6 Å². The van der Waals surface area contributed by atoms with Gasteiger partial charge in [0.25, 0.3) is 0 Å². The smallest absolute Gasteiger partial charge is 0.150 e. The number of methoxy groups -OCH3 is 1. The molecule has 92 valence electrons. The van der Waals surface area contributed by atoms with E-state index in [0.717, 1.165) is 32.5 Å². The van der Waals surface area contributed by atoms with Crippen molar-refractivity contribution < 1.29 is 13.9 Å². The quantitative estimate of drug-likeness (QED) is 0.737. The van der Waals surface area contributed by atoms with Gasteiger partial charge in [-0.3, -0.25) is 0 Å². The van der Waals surface area contributed by atoms with Crippen LogP contribution in [0.15, 0.2) is 18.2 Å². The third-order valence-corrected chi connectivity index (χ3v) is 3.72. The lowest BCUT2D eigenvalue weighted by Gasteiger charge is -2.32. The molecule has 0 bridgehead atoms. The van der Waals surface area contributed by atoms with Crippen LogP contribution in [0.5, 0.6) is 5.75 Å². The number of halogens is 1. The Balaban J connectivity index is 1.75. The molecule has 4 heteroatoms. The van der Waals surface area contributed by atoms with Crippen LogP contribution >= 0.6 is 0 Å². The van der Waals surface area contributed by atoms with E-state index in [2.05, 4.69) is 4.90 Å². The highest BCUT2D eigenvalue weighted by Crippen LogP contribution is 2.39. The van der Waals surface area contributed by atoms with Gasteiger partial charge in [0, 0.05) is 19.2 Å². The second kappa shape index (κ2) is 3.88. The van der Waals surface area contributed by atoms with Gasteiger partial charge < -0.3 is 14.4 Å². The summed E-state index contributed by atoms with van der Waals surface area (Å²) in [4.78, 5) is 2.09. The van der Waals surface area contributed by atoms with E-state index in [9.17, 15) is 4.39 Å². The van der Waals surface area contributed by atoms with Crippen molar-refractivity contribution in [1.82, 2.24) is 0 Å². The molecule has 17 heavy (non-hydrogen) atoms. The predicted octanol–water partition coefficient (Wildman–Crippen LogP) is 2.20. The van der Waals surface area contributed by atoms with Gasteiger partial charge in [0.15, 0.2) is 0 Å². The summed E-state index contributed by atoms with van der Waals surface area (Å²) >= 11 is 0. The summed E-state index contributed by atoms with van der Waals surface area (Å²) in [5.74, 6) is 0.349. The Morgan fingerprint density at radius 1 is 1.35 bits per heavy atom. The molecular formula is C13H16FNO2. The van der Waals surface area contributed by atoms with E-state index in [0.29, 0.717) is 11.4 Å². The van der Waals surface area contributed by atoms with Crippen LogP contribution in [0.25, 0.3) is 0 Å². The molecule has 0 amide bonds. The van der Waals surface area contributed by atoms with Crippen molar-refractivity contribution in [3.05, 3.63) is 24.0 Å². The SMILES string of the molecule is COc1ccc(N2CCC3(CC2)CO3)c(F)c1. The van der Waals surface area contributed by atoms with Crippen LogP contribution in [0.3, 0.4) is 0 Å². The number of benzene rings is 1. The monoisotopic (exact) mass is 237 g/mol. The number of piperidine rings is 1. The van der Waals surface area contributed by atoms with Crippen LogP contribution in [-0.2, 0) is 4.74 Å². The Morgan fingerprint density at radius 2 is 2.06 bits per heavy atom. The normalized spacial score (nSPS) is 21.6. The number of ether oxygens (including phenoxy) is 2. The van der Waals surface area contributed by atoms with Crippen molar-refractivity contribution >= 4 is 5.69 Å². The van der Waals surface area contributed by atoms with Gasteiger partial charge >= 0.3 is 0 Å². The van der Waals surface area contributed by atoms with Crippen LogP contribution in [-0.4, -0.2) is 32.4 Å². The molecule has 2 saturated heterocycles. The van der Waals surface area contributed by atoms with E-state index in [1.807, 2.05) is 0 Å². The lowest BCUT2D eigenvalue weighted by Crippen LogP contribution is -2.38. The van der Waals surface area contributed by atoms with E-state index in [1.165, 1.54) is 6.07 Å². The van der Waals surface area contributed by atoms with Gasteiger partial charge in [-0.1, -0.05) is 0 Å². The zero-order valence-electron chi connectivity index (χ0n) is 9.91. The van der Waals surface area contributed by atoms with Crippen LogP contribution in [0.2, 0.25) is 0 Å². The van der Waals surface area contributed by atoms with E-state index in [1.54, 1.807) is 19.2 Å². The first-order valence-corrected chi connectivity index (χ1v) is 5.95. The maximum Gasteiger partial charge on any atom is 0.150 e. The lowest BCUT2D eigenvalue weighted by atomic mass is 9.97. The molecule has 0 atom stereocenters. The molecule has 3 nitrogen and oxygen atoms in total. The molecular weight excluding hydrogens is 221 g/mol. The van der Waals surface area contributed by atoms with Crippen LogP contribution < -0.4 is 9.64 Å². The zero-order chi connectivity index (χ0) is 11.9. The molecule has 0 radical (unpaired) electrons. The highest BCUT2D eigenvalue weighted by Gasteiger charge is 2.46. The standard InChI is InChI=1S/C13H16FNO2/c1-16-10-2-3-12(11(14)8-10)15-6-4-13(5-7-15)9-17-13/h2-3,8H,4-7,9H2,1H3. The fraction of sp³-hybridized carbons (Fsp3) is 0.538. The van der Waals surface area contributed by atoms with Crippen molar-refractivity contribution in [2.24, 2.45) is 0 Å². The minimum Gasteiger partial charge on any atom is -0.497 e. The number of nitrogens with zero attached hydrogens (tertiary/aromatic N) is 1. The summed E-state index contributed by atoms with van der Waals surface area (Å²) in [5.41, 5.74) is 0.806. The number of hydrogen-bond acceptors (Lipinski definition) is 3. The van der Waals surface area contributed by atoms with Crippen molar-refractivity contribution in [2.75, 3.05) is 31.7 Å². The first-order chi connectivity index (χ1) is 8.22. The average molecular weight is 237 g/mol. The molecule has 1 spiro atoms. The third-order valence-electron chi connectivity index (χ3n) is 3.72. The molecule has 0 aromatic heterocycles. The molecule has 2 heterocycles. The van der Waals surface area contributed by atoms with Crippen LogP contribution in [0.1, 0.15) is 12.8 Å². The molecule has 3 rings (SSSR count). The van der Waals surface area contributed by atoms with Crippen molar-refractivity contribution in [3.63, 3.8) is 0 Å². The first-order valence-electron chi connectivity index (χ1n) is 5.95. The van der Waals surface area contributed by atoms with Gasteiger partial charge in [-0.15, -0.1) is 0 Å². The fourth-order valence-electron chi connectivity index (χ4n) is 2.42. The summed E-state index contributed by atoms with van der Waals surface area (Å²) in [6.45, 7) is 2.61. The van der Waals surface area contributed by atoms with Crippen molar-refractivity contribution in [3.8, 4) is 5.75 Å². The van der Waals surface area contributed by atoms with Crippen molar-refractivity contribution in [2.45, 2.75) is 18.4 Å². The summed E-state index contributed by atoms with van der Waals surface area (Å²) in [7, 11) is 1.55. The molecule has 0 N–H and O–H groups in total. The van der Waals surface area contributed by atoms with Gasteiger partial charge in [0.05, 0.1) is 25.0 Å². The Hall–Kier alpha value is -1.29. The van der Waals surface area contributed by atoms with Crippen molar-refractivity contribution in [1.29, 1.82) is 0 Å². The Labute approximate surface area is 100 Å². The Bertz CT molecular complexity index is 421. The zero-order valence-corrected chi connectivity index (χ0v) is 9.91. The summed E-state index contributed by atoms with van der Waals surface area (Å²) in [6, 6.07) is 5.03. The maximum absolute atomic E-state index is 13.9. The molecule has 1 aromatic carbocycles.